The second-order valence-corrected chi connectivity index (χ2v) is 4.99. The van der Waals surface area contributed by atoms with E-state index in [-0.39, 0.29) is 12.5 Å². The van der Waals surface area contributed by atoms with Crippen LogP contribution in [0.5, 0.6) is 0 Å². The highest BCUT2D eigenvalue weighted by Gasteiger charge is 2.12. The van der Waals surface area contributed by atoms with Crippen molar-refractivity contribution < 1.29 is 9.32 Å². The van der Waals surface area contributed by atoms with Crippen molar-refractivity contribution in [2.75, 3.05) is 0 Å². The van der Waals surface area contributed by atoms with Crippen LogP contribution < -0.4 is 5.32 Å². The zero-order chi connectivity index (χ0) is 13.9. The van der Waals surface area contributed by atoms with E-state index in [1.54, 1.807) is 11.4 Å². The van der Waals surface area contributed by atoms with Crippen molar-refractivity contribution >= 4 is 17.2 Å². The summed E-state index contributed by atoms with van der Waals surface area (Å²) in [5.74, 6) is 0.743. The first-order valence-corrected chi connectivity index (χ1v) is 6.93. The van der Waals surface area contributed by atoms with Gasteiger partial charge in [0, 0.05) is 24.2 Å². The molecule has 7 heteroatoms. The van der Waals surface area contributed by atoms with Crippen molar-refractivity contribution in [3.05, 3.63) is 46.6 Å². The number of aromatic nitrogens is 3. The van der Waals surface area contributed by atoms with Gasteiger partial charge in [-0.25, -0.2) is 0 Å². The highest BCUT2D eigenvalue weighted by molar-refractivity contribution is 7.08. The molecule has 0 aliphatic heterocycles. The van der Waals surface area contributed by atoms with Gasteiger partial charge >= 0.3 is 0 Å². The van der Waals surface area contributed by atoms with Gasteiger partial charge in [0.1, 0.15) is 0 Å². The Balaban J connectivity index is 1.66. The summed E-state index contributed by atoms with van der Waals surface area (Å²) in [6, 6.07) is 5.57. The second-order valence-electron chi connectivity index (χ2n) is 4.21. The smallest absolute Gasteiger partial charge is 0.252 e. The maximum absolute atomic E-state index is 11.8. The first kappa shape index (κ1) is 12.6. The van der Waals surface area contributed by atoms with Crippen LogP contribution in [-0.4, -0.2) is 20.6 Å². The average Bonchev–Trinajstić information content (AvgIpc) is 3.17. The zero-order valence-electron chi connectivity index (χ0n) is 10.7. The maximum Gasteiger partial charge on any atom is 0.252 e. The molecule has 3 aromatic heterocycles. The number of hydrogen-bond donors (Lipinski definition) is 1. The minimum atomic E-state index is -0.148. The normalized spacial score (nSPS) is 10.7. The minimum Gasteiger partial charge on any atom is -0.348 e. The van der Waals surface area contributed by atoms with E-state index >= 15 is 0 Å². The number of carbonyl (C=O) groups excluding carboxylic acids is 1. The molecule has 0 saturated carbocycles. The Morgan fingerprint density at radius 3 is 3.10 bits per heavy atom. The van der Waals surface area contributed by atoms with Gasteiger partial charge in [-0.1, -0.05) is 5.16 Å². The van der Waals surface area contributed by atoms with Crippen molar-refractivity contribution in [1.29, 1.82) is 0 Å². The van der Waals surface area contributed by atoms with Crippen molar-refractivity contribution in [2.24, 2.45) is 7.05 Å². The summed E-state index contributed by atoms with van der Waals surface area (Å²) in [6.45, 7) is 0.214. The summed E-state index contributed by atoms with van der Waals surface area (Å²) in [5, 5.41) is 10.3. The van der Waals surface area contributed by atoms with E-state index < -0.39 is 0 Å². The van der Waals surface area contributed by atoms with Crippen LogP contribution >= 0.6 is 11.3 Å². The molecule has 0 aliphatic rings. The molecule has 0 atom stereocenters. The molecule has 3 rings (SSSR count). The van der Waals surface area contributed by atoms with Crippen molar-refractivity contribution in [3.63, 3.8) is 0 Å². The lowest BCUT2D eigenvalue weighted by atomic mass is 10.3. The Morgan fingerprint density at radius 2 is 2.40 bits per heavy atom. The molecule has 0 spiro atoms. The minimum absolute atomic E-state index is 0.148. The number of nitrogens with one attached hydrogen (secondary N) is 1. The summed E-state index contributed by atoms with van der Waals surface area (Å²) < 4.78 is 7.03. The van der Waals surface area contributed by atoms with Gasteiger partial charge in [-0.05, 0) is 23.6 Å². The number of rotatable bonds is 4. The molecule has 3 heterocycles. The van der Waals surface area contributed by atoms with Crippen LogP contribution in [0.3, 0.4) is 0 Å². The highest BCUT2D eigenvalue weighted by atomic mass is 32.1. The maximum atomic E-state index is 11.8. The molecule has 0 unspecified atom stereocenters. The molecule has 102 valence electrons. The monoisotopic (exact) mass is 288 g/mol. The lowest BCUT2D eigenvalue weighted by molar-refractivity contribution is 0.0946. The Kier molecular flexibility index (Phi) is 3.34. The van der Waals surface area contributed by atoms with Gasteiger partial charge in [0.05, 0.1) is 12.2 Å². The summed E-state index contributed by atoms with van der Waals surface area (Å²) >= 11 is 1.48. The summed E-state index contributed by atoms with van der Waals surface area (Å²) in [4.78, 5) is 16.0. The number of nitrogens with zero attached hydrogens (tertiary/aromatic N) is 3. The second kappa shape index (κ2) is 5.30. The Morgan fingerprint density at radius 1 is 1.50 bits per heavy atom. The molecule has 20 heavy (non-hydrogen) atoms. The van der Waals surface area contributed by atoms with Gasteiger partial charge in [0.25, 0.3) is 5.91 Å². The largest absolute Gasteiger partial charge is 0.348 e. The lowest BCUT2D eigenvalue weighted by Crippen LogP contribution is -2.22. The molecule has 0 aliphatic carbocycles. The van der Waals surface area contributed by atoms with Gasteiger partial charge in [0.15, 0.2) is 0 Å². The molecule has 0 saturated heterocycles. The van der Waals surface area contributed by atoms with Crippen molar-refractivity contribution in [2.45, 2.75) is 6.54 Å². The number of amides is 1. The van der Waals surface area contributed by atoms with Gasteiger partial charge in [-0.15, -0.1) is 0 Å². The standard InChI is InChI=1S/C13H12N4O2S/c1-17-5-2-3-10(17)12-15-11(19-16-12)7-14-13(18)9-4-6-20-8-9/h2-6,8H,7H2,1H3,(H,14,18). The molecule has 1 N–H and O–H groups in total. The highest BCUT2D eigenvalue weighted by Crippen LogP contribution is 2.15. The number of thiophene rings is 1. The third kappa shape index (κ3) is 2.48. The molecule has 0 aromatic carbocycles. The topological polar surface area (TPSA) is 73.0 Å². The van der Waals surface area contributed by atoms with Crippen molar-refractivity contribution in [1.82, 2.24) is 20.0 Å². The fourth-order valence-electron chi connectivity index (χ4n) is 1.78. The number of carbonyl (C=O) groups is 1. The van der Waals surface area contributed by atoms with Gasteiger partial charge in [0.2, 0.25) is 11.7 Å². The van der Waals surface area contributed by atoms with Crippen LogP contribution in [-0.2, 0) is 13.6 Å². The fourth-order valence-corrected chi connectivity index (χ4v) is 2.41. The molecule has 0 radical (unpaired) electrons. The van der Waals surface area contributed by atoms with Gasteiger partial charge < -0.3 is 14.4 Å². The number of aryl methyl sites for hydroxylation is 1. The van der Waals surface area contributed by atoms with Crippen LogP contribution in [0.4, 0.5) is 0 Å². The van der Waals surface area contributed by atoms with Crippen LogP contribution in [0.1, 0.15) is 16.2 Å². The van der Waals surface area contributed by atoms with Crippen LogP contribution in [0, 0.1) is 0 Å². The van der Waals surface area contributed by atoms with Crippen LogP contribution in [0.15, 0.2) is 39.7 Å². The predicted octanol–water partition coefficient (Wildman–Crippen LogP) is 2.07. The van der Waals surface area contributed by atoms with Crippen LogP contribution in [0.2, 0.25) is 0 Å². The van der Waals surface area contributed by atoms with E-state index in [4.69, 9.17) is 4.52 Å². The molecule has 1 amide bonds. The Bertz CT molecular complexity index is 714. The van der Waals surface area contributed by atoms with Gasteiger partial charge in [-0.3, -0.25) is 4.79 Å². The Labute approximate surface area is 119 Å². The third-order valence-corrected chi connectivity index (χ3v) is 3.51. The average molecular weight is 288 g/mol. The third-order valence-electron chi connectivity index (χ3n) is 2.82. The predicted molar refractivity (Wildman–Crippen MR) is 74.2 cm³/mol. The lowest BCUT2D eigenvalue weighted by Gasteiger charge is -1.98. The van der Waals surface area contributed by atoms with E-state index in [0.29, 0.717) is 17.3 Å². The fraction of sp³-hybridized carbons (Fsp3) is 0.154. The van der Waals surface area contributed by atoms with E-state index in [9.17, 15) is 4.79 Å². The quantitative estimate of drug-likeness (QED) is 0.797. The molecular weight excluding hydrogens is 276 g/mol. The number of hydrogen-bond acceptors (Lipinski definition) is 5. The van der Waals surface area contributed by atoms with E-state index in [1.807, 2.05) is 35.3 Å². The molecule has 3 aromatic rings. The van der Waals surface area contributed by atoms with Gasteiger partial charge in [-0.2, -0.15) is 16.3 Å². The first-order valence-electron chi connectivity index (χ1n) is 5.99. The Hall–Kier alpha value is -2.41. The van der Waals surface area contributed by atoms with E-state index in [1.165, 1.54) is 11.3 Å². The summed E-state index contributed by atoms with van der Waals surface area (Å²) in [7, 11) is 1.91. The molecule has 6 nitrogen and oxygen atoms in total. The van der Waals surface area contributed by atoms with Crippen molar-refractivity contribution in [3.8, 4) is 11.5 Å². The SMILES string of the molecule is Cn1cccc1-c1noc(CNC(=O)c2ccsc2)n1. The zero-order valence-corrected chi connectivity index (χ0v) is 11.6. The first-order chi connectivity index (χ1) is 9.74. The van der Waals surface area contributed by atoms with E-state index in [0.717, 1.165) is 5.69 Å². The molecule has 0 fully saturated rings. The molecule has 0 bridgehead atoms. The van der Waals surface area contributed by atoms with E-state index in [2.05, 4.69) is 15.5 Å². The summed E-state index contributed by atoms with van der Waals surface area (Å²) in [6.07, 6.45) is 1.91. The van der Waals surface area contributed by atoms with Crippen LogP contribution in [0.25, 0.3) is 11.5 Å². The summed E-state index contributed by atoms with van der Waals surface area (Å²) in [5.41, 5.74) is 1.50. The molecular formula is C13H12N4O2S.